The minimum atomic E-state index is -0.465. The van der Waals surface area contributed by atoms with Crippen molar-refractivity contribution in [3.8, 4) is 11.5 Å². The molecular formula is C35H34O6. The molecule has 3 aliphatic rings. The molecule has 210 valence electrons. The van der Waals surface area contributed by atoms with Gasteiger partial charge in [0, 0.05) is 17.6 Å². The highest BCUT2D eigenvalue weighted by molar-refractivity contribution is 5.81. The van der Waals surface area contributed by atoms with Crippen molar-refractivity contribution in [2.75, 3.05) is 26.4 Å². The predicted octanol–water partition coefficient (Wildman–Crippen LogP) is 5.92. The summed E-state index contributed by atoms with van der Waals surface area (Å²) in [5.74, 6) is 1.69. The van der Waals surface area contributed by atoms with E-state index in [0.29, 0.717) is 23.3 Å². The molecule has 1 saturated carbocycles. The van der Waals surface area contributed by atoms with Gasteiger partial charge in [0.05, 0.1) is 0 Å². The van der Waals surface area contributed by atoms with Gasteiger partial charge in [-0.05, 0) is 59.1 Å². The van der Waals surface area contributed by atoms with E-state index in [4.69, 9.17) is 18.9 Å². The molecule has 2 aromatic carbocycles. The molecule has 0 N–H and O–H groups in total. The van der Waals surface area contributed by atoms with E-state index in [1.807, 2.05) is 24.3 Å². The summed E-state index contributed by atoms with van der Waals surface area (Å²) in [6.45, 7) is 7.64. The summed E-state index contributed by atoms with van der Waals surface area (Å²) in [6.07, 6.45) is 20.3. The van der Waals surface area contributed by atoms with Gasteiger partial charge >= 0.3 is 11.9 Å². The molecule has 6 nitrogen and oxygen atoms in total. The van der Waals surface area contributed by atoms with Crippen LogP contribution in [-0.4, -0.2) is 38.4 Å². The molecule has 5 rings (SSSR count). The second-order valence-corrected chi connectivity index (χ2v) is 10.1. The van der Waals surface area contributed by atoms with Crippen molar-refractivity contribution in [3.63, 3.8) is 0 Å². The average Bonchev–Trinajstić information content (AvgIpc) is 3.33. The van der Waals surface area contributed by atoms with Gasteiger partial charge in [-0.25, -0.2) is 9.59 Å². The first-order chi connectivity index (χ1) is 20.1. The van der Waals surface area contributed by atoms with E-state index >= 15 is 0 Å². The molecule has 6 heteroatoms. The molecular weight excluding hydrogens is 516 g/mol. The minimum absolute atomic E-state index is 0.156. The van der Waals surface area contributed by atoms with Crippen molar-refractivity contribution in [2.24, 2.45) is 23.7 Å². The quantitative estimate of drug-likeness (QED) is 0.186. The van der Waals surface area contributed by atoms with E-state index in [1.165, 1.54) is 11.1 Å². The second kappa shape index (κ2) is 12.7. The van der Waals surface area contributed by atoms with Crippen LogP contribution in [0.3, 0.4) is 0 Å². The maximum Gasteiger partial charge on any atom is 0.330 e. The van der Waals surface area contributed by atoms with Crippen LogP contribution < -0.4 is 9.47 Å². The van der Waals surface area contributed by atoms with E-state index in [2.05, 4.69) is 86.0 Å². The molecule has 0 amide bonds. The zero-order valence-electron chi connectivity index (χ0n) is 22.9. The molecule has 0 heterocycles. The van der Waals surface area contributed by atoms with Crippen LogP contribution in [0, 0.1) is 23.7 Å². The zero-order valence-corrected chi connectivity index (χ0v) is 22.9. The first-order valence-corrected chi connectivity index (χ1v) is 13.8. The lowest BCUT2D eigenvalue weighted by molar-refractivity contribution is -0.139. The summed E-state index contributed by atoms with van der Waals surface area (Å²) in [5.41, 5.74) is 2.08. The van der Waals surface area contributed by atoms with Crippen LogP contribution in [-0.2, 0) is 24.5 Å². The SMILES string of the molecule is C=CC(=O)OCCOc1ccc(C2(c3ccc(OCCOC(=O)C=C)cc3)C3C=CC=CC3C3C=CC=CC32)cc1. The Bertz CT molecular complexity index is 1270. The van der Waals surface area contributed by atoms with Crippen LogP contribution in [0.25, 0.3) is 0 Å². The number of hydrogen-bond acceptors (Lipinski definition) is 6. The van der Waals surface area contributed by atoms with E-state index in [9.17, 15) is 9.59 Å². The molecule has 0 spiro atoms. The summed E-state index contributed by atoms with van der Waals surface area (Å²) in [7, 11) is 0. The van der Waals surface area contributed by atoms with Gasteiger partial charge in [0.15, 0.2) is 0 Å². The van der Waals surface area contributed by atoms with E-state index < -0.39 is 11.9 Å². The third kappa shape index (κ3) is 5.68. The summed E-state index contributed by atoms with van der Waals surface area (Å²) in [5, 5.41) is 0. The number of benzene rings is 2. The van der Waals surface area contributed by atoms with Crippen LogP contribution in [0.4, 0.5) is 0 Å². The minimum Gasteiger partial charge on any atom is -0.490 e. The Kier molecular flexibility index (Phi) is 8.68. The molecule has 0 aliphatic heterocycles. The highest BCUT2D eigenvalue weighted by Gasteiger charge is 2.59. The molecule has 41 heavy (non-hydrogen) atoms. The van der Waals surface area contributed by atoms with Crippen molar-refractivity contribution >= 4 is 11.9 Å². The first-order valence-electron chi connectivity index (χ1n) is 13.8. The Hall–Kier alpha value is -4.58. The van der Waals surface area contributed by atoms with Crippen LogP contribution in [0.2, 0.25) is 0 Å². The molecule has 0 saturated heterocycles. The van der Waals surface area contributed by atoms with E-state index in [1.54, 1.807) is 0 Å². The maximum atomic E-state index is 11.3. The van der Waals surface area contributed by atoms with Gasteiger partial charge in [0.25, 0.3) is 0 Å². The third-order valence-corrected chi connectivity index (χ3v) is 8.04. The Labute approximate surface area is 241 Å². The topological polar surface area (TPSA) is 71.1 Å². The van der Waals surface area contributed by atoms with Crippen LogP contribution in [0.15, 0.2) is 122 Å². The van der Waals surface area contributed by atoms with Gasteiger partial charge in [0.1, 0.15) is 37.9 Å². The lowest BCUT2D eigenvalue weighted by Crippen LogP contribution is -2.39. The Morgan fingerprint density at radius 3 is 1.39 bits per heavy atom. The summed E-state index contributed by atoms with van der Waals surface area (Å²) in [4.78, 5) is 22.6. The van der Waals surface area contributed by atoms with Crippen LogP contribution in [0.5, 0.6) is 11.5 Å². The van der Waals surface area contributed by atoms with Gasteiger partial charge in [-0.1, -0.05) is 86.0 Å². The standard InChI is InChI=1S/C35H34O6/c1-3-33(36)40-23-21-38-27-17-13-25(14-18-27)35(26-15-19-28(20-16-26)39-22-24-41-34(37)4-2)31-11-7-5-9-29(31)30-10-6-8-12-32(30)35/h3-20,29-32H,1-2,21-24H2. The Morgan fingerprint density at radius 1 is 0.610 bits per heavy atom. The van der Waals surface area contributed by atoms with Gasteiger partial charge in [0.2, 0.25) is 0 Å². The monoisotopic (exact) mass is 550 g/mol. The molecule has 0 radical (unpaired) electrons. The molecule has 4 atom stereocenters. The lowest BCUT2D eigenvalue weighted by Gasteiger charge is -2.41. The first kappa shape index (κ1) is 28.0. The van der Waals surface area contributed by atoms with Crippen molar-refractivity contribution < 1.29 is 28.5 Å². The smallest absolute Gasteiger partial charge is 0.330 e. The number of allylic oxidation sites excluding steroid dienone is 8. The highest BCUT2D eigenvalue weighted by Crippen LogP contribution is 2.62. The summed E-state index contributed by atoms with van der Waals surface area (Å²) < 4.78 is 21.7. The fraction of sp³-hybridized carbons (Fsp3) is 0.257. The second-order valence-electron chi connectivity index (χ2n) is 10.1. The van der Waals surface area contributed by atoms with Crippen molar-refractivity contribution in [1.29, 1.82) is 0 Å². The largest absolute Gasteiger partial charge is 0.490 e. The zero-order chi connectivity index (χ0) is 28.7. The highest BCUT2D eigenvalue weighted by atomic mass is 16.6. The number of carbonyl (C=O) groups is 2. The van der Waals surface area contributed by atoms with Gasteiger partial charge < -0.3 is 18.9 Å². The number of ether oxygens (including phenoxy) is 4. The van der Waals surface area contributed by atoms with Crippen LogP contribution >= 0.6 is 0 Å². The molecule has 4 unspecified atom stereocenters. The normalized spacial score (nSPS) is 22.7. The van der Waals surface area contributed by atoms with Crippen molar-refractivity contribution in [3.05, 3.63) is 134 Å². The Morgan fingerprint density at radius 2 is 1.00 bits per heavy atom. The summed E-state index contributed by atoms with van der Waals surface area (Å²) in [6, 6.07) is 16.6. The van der Waals surface area contributed by atoms with Gasteiger partial charge in [-0.15, -0.1) is 0 Å². The number of rotatable bonds is 12. The number of hydrogen-bond donors (Lipinski definition) is 0. The van der Waals surface area contributed by atoms with E-state index in [0.717, 1.165) is 12.2 Å². The number of fused-ring (bicyclic) bond motifs is 3. The average molecular weight is 551 g/mol. The van der Waals surface area contributed by atoms with Crippen molar-refractivity contribution in [1.82, 2.24) is 0 Å². The van der Waals surface area contributed by atoms with Crippen molar-refractivity contribution in [2.45, 2.75) is 5.41 Å². The third-order valence-electron chi connectivity index (χ3n) is 8.04. The molecule has 2 aromatic rings. The Balaban J connectivity index is 1.44. The molecule has 0 aromatic heterocycles. The van der Waals surface area contributed by atoms with Crippen LogP contribution in [0.1, 0.15) is 11.1 Å². The number of esters is 2. The molecule has 3 aliphatic carbocycles. The van der Waals surface area contributed by atoms with Gasteiger partial charge in [-0.2, -0.15) is 0 Å². The fourth-order valence-corrected chi connectivity index (χ4v) is 6.43. The predicted molar refractivity (Wildman–Crippen MR) is 157 cm³/mol. The molecule has 0 bridgehead atoms. The lowest BCUT2D eigenvalue weighted by atomic mass is 9.61. The molecule has 1 fully saturated rings. The van der Waals surface area contributed by atoms with E-state index in [-0.39, 0.29) is 43.7 Å². The number of carbonyl (C=O) groups excluding carboxylic acids is 2. The van der Waals surface area contributed by atoms with Gasteiger partial charge in [-0.3, -0.25) is 0 Å². The summed E-state index contributed by atoms with van der Waals surface area (Å²) >= 11 is 0. The fourth-order valence-electron chi connectivity index (χ4n) is 6.43. The maximum absolute atomic E-state index is 11.3.